The van der Waals surface area contributed by atoms with Crippen LogP contribution in [0.15, 0.2) is 58.9 Å². The smallest absolute Gasteiger partial charge is 0.336 e. The van der Waals surface area contributed by atoms with Gasteiger partial charge in [0, 0.05) is 29.3 Å². The van der Waals surface area contributed by atoms with Crippen LogP contribution in [0.5, 0.6) is 23.0 Å². The molecule has 0 unspecified atom stereocenters. The van der Waals surface area contributed by atoms with Gasteiger partial charge in [-0.15, -0.1) is 0 Å². The molecule has 4 rings (SSSR count). The number of benzene rings is 2. The van der Waals surface area contributed by atoms with Crippen LogP contribution in [0.1, 0.15) is 49.7 Å². The van der Waals surface area contributed by atoms with Gasteiger partial charge in [0.25, 0.3) is 0 Å². The highest BCUT2D eigenvalue weighted by Gasteiger charge is 2.41. The molecular weight excluding hydrogens is 462 g/mol. The molecule has 2 aliphatic rings. The van der Waals surface area contributed by atoms with Gasteiger partial charge in [-0.1, -0.05) is 12.1 Å². The van der Waals surface area contributed by atoms with Gasteiger partial charge in [-0.25, -0.2) is 4.79 Å². The van der Waals surface area contributed by atoms with Crippen molar-refractivity contribution in [3.8, 4) is 23.0 Å². The average Bonchev–Trinajstić information content (AvgIpc) is 2.87. The molecule has 2 aromatic carbocycles. The highest BCUT2D eigenvalue weighted by Crippen LogP contribution is 2.47. The van der Waals surface area contributed by atoms with E-state index in [4.69, 9.17) is 18.9 Å². The summed E-state index contributed by atoms with van der Waals surface area (Å²) in [4.78, 5) is 26.8. The summed E-state index contributed by atoms with van der Waals surface area (Å²) in [6, 6.07) is 10.6. The molecule has 1 aliphatic heterocycles. The third kappa shape index (κ3) is 4.51. The average molecular weight is 494 g/mol. The summed E-state index contributed by atoms with van der Waals surface area (Å²) in [5.41, 5.74) is 3.95. The maximum atomic E-state index is 13.7. The highest BCUT2D eigenvalue weighted by atomic mass is 16.5. The minimum atomic E-state index is -0.645. The van der Waals surface area contributed by atoms with Gasteiger partial charge in [-0.05, 0) is 61.6 Å². The Morgan fingerprint density at radius 3 is 2.31 bits per heavy atom. The number of ether oxygens (including phenoxy) is 4. The van der Waals surface area contributed by atoms with Crippen molar-refractivity contribution in [3.63, 3.8) is 0 Å². The van der Waals surface area contributed by atoms with Crippen LogP contribution in [0, 0.1) is 0 Å². The number of Topliss-reactive ketones (excluding diaryl/α,β-unsaturated/α-hetero) is 1. The molecule has 36 heavy (non-hydrogen) atoms. The molecule has 0 aromatic heterocycles. The highest BCUT2D eigenvalue weighted by molar-refractivity contribution is 6.04. The van der Waals surface area contributed by atoms with Crippen LogP contribution < -0.4 is 19.5 Å². The van der Waals surface area contributed by atoms with E-state index in [1.54, 1.807) is 33.3 Å². The molecule has 1 aliphatic carbocycles. The molecule has 0 saturated heterocycles. The van der Waals surface area contributed by atoms with Crippen LogP contribution in [0.4, 0.5) is 0 Å². The molecule has 0 radical (unpaired) electrons. The van der Waals surface area contributed by atoms with E-state index in [0.29, 0.717) is 40.3 Å². The summed E-state index contributed by atoms with van der Waals surface area (Å²) in [6.45, 7) is 3.76. The zero-order valence-corrected chi connectivity index (χ0v) is 21.1. The fourth-order valence-electron chi connectivity index (χ4n) is 5.07. The van der Waals surface area contributed by atoms with Crippen molar-refractivity contribution in [2.24, 2.45) is 0 Å². The van der Waals surface area contributed by atoms with Crippen molar-refractivity contribution in [1.82, 2.24) is 5.32 Å². The lowest BCUT2D eigenvalue weighted by molar-refractivity contribution is -0.138. The lowest BCUT2D eigenvalue weighted by atomic mass is 9.71. The second kappa shape index (κ2) is 10.4. The van der Waals surface area contributed by atoms with Crippen molar-refractivity contribution >= 4 is 11.8 Å². The number of hydrogen-bond acceptors (Lipinski definition) is 8. The Morgan fingerprint density at radius 2 is 1.64 bits per heavy atom. The largest absolute Gasteiger partial charge is 0.504 e. The number of esters is 1. The molecule has 0 bridgehead atoms. The van der Waals surface area contributed by atoms with E-state index in [2.05, 4.69) is 5.32 Å². The number of rotatable bonds is 7. The minimum absolute atomic E-state index is 0.0220. The summed E-state index contributed by atoms with van der Waals surface area (Å²) >= 11 is 0. The summed E-state index contributed by atoms with van der Waals surface area (Å²) in [7, 11) is 4.62. The number of phenolic OH excluding ortho intramolecular Hbond substituents is 1. The Morgan fingerprint density at radius 1 is 0.972 bits per heavy atom. The topological polar surface area (TPSA) is 103 Å². The summed E-state index contributed by atoms with van der Waals surface area (Å²) in [5.74, 6) is 0.207. The van der Waals surface area contributed by atoms with E-state index >= 15 is 0 Å². The number of hydrogen-bond donors (Lipinski definition) is 2. The molecule has 2 atom stereocenters. The van der Waals surface area contributed by atoms with E-state index in [0.717, 1.165) is 11.3 Å². The molecule has 0 saturated carbocycles. The molecule has 190 valence electrons. The molecule has 0 amide bonds. The monoisotopic (exact) mass is 493 g/mol. The number of carbonyl (C=O) groups excluding carboxylic acids is 2. The molecule has 8 nitrogen and oxygen atoms in total. The standard InChI is InChI=1S/C28H31NO7/c1-6-36-28(32)25-15(2)29-19-11-18(16-8-10-22(33-3)24(13-16)35-5)12-21(31)27(19)26(25)17-7-9-20(30)23(14-17)34-4/h7-10,13-14,18,26,29-30H,6,11-12H2,1-5H3/t18-,26-/m1/s1. The number of aromatic hydroxyl groups is 1. The van der Waals surface area contributed by atoms with Crippen LogP contribution >= 0.6 is 0 Å². The summed E-state index contributed by atoms with van der Waals surface area (Å²) in [6.07, 6.45) is 0.854. The first-order valence-corrected chi connectivity index (χ1v) is 11.8. The Bertz CT molecular complexity index is 1260. The summed E-state index contributed by atoms with van der Waals surface area (Å²) < 4.78 is 21.5. The van der Waals surface area contributed by atoms with Crippen molar-refractivity contribution in [3.05, 3.63) is 70.1 Å². The van der Waals surface area contributed by atoms with Gasteiger partial charge < -0.3 is 29.4 Å². The van der Waals surface area contributed by atoms with Crippen molar-refractivity contribution < 1.29 is 33.6 Å². The molecule has 8 heteroatoms. The van der Waals surface area contributed by atoms with Crippen molar-refractivity contribution in [2.45, 2.75) is 38.5 Å². The second-order valence-electron chi connectivity index (χ2n) is 8.78. The number of allylic oxidation sites excluding steroid dienone is 3. The fraction of sp³-hybridized carbons (Fsp3) is 0.357. The lowest BCUT2D eigenvalue weighted by Gasteiger charge is -2.36. The van der Waals surface area contributed by atoms with Gasteiger partial charge in [0.15, 0.2) is 28.8 Å². The third-order valence-electron chi connectivity index (χ3n) is 6.74. The van der Waals surface area contributed by atoms with Crippen LogP contribution in [0.3, 0.4) is 0 Å². The van der Waals surface area contributed by atoms with Gasteiger partial charge in [0.1, 0.15) is 0 Å². The van der Waals surface area contributed by atoms with Crippen LogP contribution in [-0.4, -0.2) is 44.8 Å². The minimum Gasteiger partial charge on any atom is -0.504 e. The molecule has 1 heterocycles. The first-order valence-electron chi connectivity index (χ1n) is 11.8. The zero-order chi connectivity index (χ0) is 26.0. The normalized spacial score (nSPS) is 19.4. The number of ketones is 1. The van der Waals surface area contributed by atoms with E-state index in [1.807, 2.05) is 25.1 Å². The zero-order valence-electron chi connectivity index (χ0n) is 21.1. The van der Waals surface area contributed by atoms with Gasteiger partial charge >= 0.3 is 5.97 Å². The quantitative estimate of drug-likeness (QED) is 0.549. The number of methoxy groups -OCH3 is 3. The number of nitrogens with one attached hydrogen (secondary N) is 1. The molecular formula is C28H31NO7. The predicted molar refractivity (Wildman–Crippen MR) is 133 cm³/mol. The maximum Gasteiger partial charge on any atom is 0.336 e. The maximum absolute atomic E-state index is 13.7. The van der Waals surface area contributed by atoms with Gasteiger partial charge in [0.05, 0.1) is 33.5 Å². The fourth-order valence-corrected chi connectivity index (χ4v) is 5.07. The number of carbonyl (C=O) groups is 2. The second-order valence-corrected chi connectivity index (χ2v) is 8.78. The van der Waals surface area contributed by atoms with E-state index < -0.39 is 11.9 Å². The van der Waals surface area contributed by atoms with Crippen molar-refractivity contribution in [1.29, 1.82) is 0 Å². The molecule has 0 spiro atoms. The summed E-state index contributed by atoms with van der Waals surface area (Å²) in [5, 5.41) is 13.5. The van der Waals surface area contributed by atoms with Crippen LogP contribution in [-0.2, 0) is 14.3 Å². The first-order chi connectivity index (χ1) is 17.3. The van der Waals surface area contributed by atoms with Gasteiger partial charge in [-0.3, -0.25) is 4.79 Å². The van der Waals surface area contributed by atoms with E-state index in [1.165, 1.54) is 13.2 Å². The number of dihydropyridines is 1. The Kier molecular flexibility index (Phi) is 7.24. The van der Waals surface area contributed by atoms with E-state index in [-0.39, 0.29) is 36.2 Å². The molecule has 2 N–H and O–H groups in total. The molecule has 2 aromatic rings. The van der Waals surface area contributed by atoms with Crippen LogP contribution in [0.25, 0.3) is 0 Å². The first kappa shape index (κ1) is 25.2. The SMILES string of the molecule is CCOC(=O)C1=C(C)NC2=C(C(=O)C[C@H](c3ccc(OC)c(OC)c3)C2)[C@@H]1c1ccc(O)c(OC)c1. The Labute approximate surface area is 210 Å². The van der Waals surface area contributed by atoms with Crippen molar-refractivity contribution in [2.75, 3.05) is 27.9 Å². The van der Waals surface area contributed by atoms with E-state index in [9.17, 15) is 14.7 Å². The Balaban J connectivity index is 1.80. The predicted octanol–water partition coefficient (Wildman–Crippen LogP) is 4.34. The number of phenols is 1. The lowest BCUT2D eigenvalue weighted by Crippen LogP contribution is -2.36. The van der Waals surface area contributed by atoms with Crippen LogP contribution in [0.2, 0.25) is 0 Å². The Hall–Kier alpha value is -3.94. The third-order valence-corrected chi connectivity index (χ3v) is 6.74. The molecule has 0 fully saturated rings. The van der Waals surface area contributed by atoms with Gasteiger partial charge in [0.2, 0.25) is 0 Å². The van der Waals surface area contributed by atoms with Gasteiger partial charge in [-0.2, -0.15) is 0 Å².